The standard InChI is InChI=1S/C26H22ClN5OS/c1-17-8-10-22(18(2)12-17)32-24(13-19-6-4-3-5-7-19)29-30-26(32)34-16-21-14-25(33)31-15-20(27)9-11-23(31)28-21/h3-12,14-15H,13,16H2,1-2H3. The number of benzene rings is 2. The van der Waals surface area contributed by atoms with Gasteiger partial charge in [0, 0.05) is 24.4 Å². The van der Waals surface area contributed by atoms with Gasteiger partial charge in [0.25, 0.3) is 5.56 Å². The van der Waals surface area contributed by atoms with Gasteiger partial charge in [-0.1, -0.05) is 71.4 Å². The smallest absolute Gasteiger partial charge is 0.258 e. The van der Waals surface area contributed by atoms with Crippen LogP contribution in [0, 0.1) is 13.8 Å². The number of aromatic nitrogens is 5. The Kier molecular flexibility index (Phi) is 6.22. The Morgan fingerprint density at radius 3 is 2.59 bits per heavy atom. The van der Waals surface area contributed by atoms with Crippen LogP contribution in [0.15, 0.2) is 82.9 Å². The number of aryl methyl sites for hydroxylation is 2. The molecule has 8 heteroatoms. The molecule has 0 fully saturated rings. The number of nitrogens with zero attached hydrogens (tertiary/aromatic N) is 5. The van der Waals surface area contributed by atoms with Crippen molar-refractivity contribution < 1.29 is 0 Å². The lowest BCUT2D eigenvalue weighted by molar-refractivity contribution is 0.840. The van der Waals surface area contributed by atoms with Gasteiger partial charge in [0.1, 0.15) is 11.5 Å². The fraction of sp³-hybridized carbons (Fsp3) is 0.154. The lowest BCUT2D eigenvalue weighted by Crippen LogP contribution is -2.15. The molecule has 0 radical (unpaired) electrons. The number of halogens is 1. The Hall–Kier alpha value is -3.42. The van der Waals surface area contributed by atoms with Crippen molar-refractivity contribution in [3.05, 3.63) is 117 Å². The molecule has 0 bridgehead atoms. The van der Waals surface area contributed by atoms with Crippen LogP contribution in [-0.2, 0) is 12.2 Å². The monoisotopic (exact) mass is 487 g/mol. The van der Waals surface area contributed by atoms with Crippen LogP contribution < -0.4 is 5.56 Å². The molecule has 0 saturated carbocycles. The van der Waals surface area contributed by atoms with Gasteiger partial charge in [-0.25, -0.2) is 4.98 Å². The van der Waals surface area contributed by atoms with Crippen LogP contribution >= 0.6 is 23.4 Å². The summed E-state index contributed by atoms with van der Waals surface area (Å²) in [4.78, 5) is 17.2. The zero-order chi connectivity index (χ0) is 23.7. The minimum absolute atomic E-state index is 0.163. The molecule has 0 saturated heterocycles. The second-order valence-electron chi connectivity index (χ2n) is 8.14. The summed E-state index contributed by atoms with van der Waals surface area (Å²) in [6.07, 6.45) is 2.24. The van der Waals surface area contributed by atoms with E-state index in [0.717, 1.165) is 22.2 Å². The van der Waals surface area contributed by atoms with Crippen LogP contribution in [0.5, 0.6) is 0 Å². The van der Waals surface area contributed by atoms with E-state index in [1.54, 1.807) is 24.4 Å². The molecule has 2 aromatic carbocycles. The molecule has 6 nitrogen and oxygen atoms in total. The van der Waals surface area contributed by atoms with Crippen molar-refractivity contribution in [2.45, 2.75) is 31.2 Å². The molecule has 0 atom stereocenters. The van der Waals surface area contributed by atoms with Crippen molar-refractivity contribution in [3.8, 4) is 5.69 Å². The Bertz CT molecular complexity index is 1540. The fourth-order valence-electron chi connectivity index (χ4n) is 3.92. The molecule has 3 aromatic heterocycles. The first-order chi connectivity index (χ1) is 16.5. The van der Waals surface area contributed by atoms with Crippen molar-refractivity contribution in [2.24, 2.45) is 0 Å². The maximum Gasteiger partial charge on any atom is 0.258 e. The van der Waals surface area contributed by atoms with Crippen molar-refractivity contribution >= 4 is 29.0 Å². The van der Waals surface area contributed by atoms with Gasteiger partial charge in [-0.2, -0.15) is 0 Å². The van der Waals surface area contributed by atoms with Crippen LogP contribution in [0.2, 0.25) is 5.02 Å². The topological polar surface area (TPSA) is 65.1 Å². The fourth-order valence-corrected chi connectivity index (χ4v) is 4.94. The highest BCUT2D eigenvalue weighted by Gasteiger charge is 2.17. The summed E-state index contributed by atoms with van der Waals surface area (Å²) in [5.74, 6) is 1.35. The average Bonchev–Trinajstić information content (AvgIpc) is 3.21. The summed E-state index contributed by atoms with van der Waals surface area (Å²) >= 11 is 7.53. The first-order valence-electron chi connectivity index (χ1n) is 10.8. The third kappa shape index (κ3) is 4.62. The zero-order valence-electron chi connectivity index (χ0n) is 18.8. The molecule has 3 heterocycles. The largest absolute Gasteiger partial charge is 0.273 e. The Labute approximate surface area is 206 Å². The van der Waals surface area contributed by atoms with E-state index >= 15 is 0 Å². The number of pyridine rings is 1. The third-order valence-corrected chi connectivity index (χ3v) is 6.71. The lowest BCUT2D eigenvalue weighted by Gasteiger charge is -2.14. The van der Waals surface area contributed by atoms with Crippen molar-refractivity contribution in [3.63, 3.8) is 0 Å². The van der Waals surface area contributed by atoms with Crippen LogP contribution in [0.25, 0.3) is 11.3 Å². The molecule has 5 rings (SSSR count). The van der Waals surface area contributed by atoms with Crippen molar-refractivity contribution in [2.75, 3.05) is 0 Å². The molecule has 0 spiro atoms. The summed E-state index contributed by atoms with van der Waals surface area (Å²) in [6, 6.07) is 21.6. The van der Waals surface area contributed by atoms with Gasteiger partial charge in [0.15, 0.2) is 5.16 Å². The molecule has 0 N–H and O–H groups in total. The van der Waals surface area contributed by atoms with E-state index in [9.17, 15) is 4.79 Å². The molecular formula is C26H22ClN5OS. The van der Waals surface area contributed by atoms with E-state index in [4.69, 9.17) is 11.6 Å². The van der Waals surface area contributed by atoms with Gasteiger partial charge < -0.3 is 0 Å². The number of hydrogen-bond donors (Lipinski definition) is 0. The van der Waals surface area contributed by atoms with E-state index in [0.29, 0.717) is 28.5 Å². The summed E-state index contributed by atoms with van der Waals surface area (Å²) in [5, 5.41) is 10.3. The van der Waals surface area contributed by atoms with Crippen LogP contribution in [0.4, 0.5) is 0 Å². The number of thioether (sulfide) groups is 1. The van der Waals surface area contributed by atoms with E-state index in [-0.39, 0.29) is 5.56 Å². The molecule has 0 aliphatic heterocycles. The predicted molar refractivity (Wildman–Crippen MR) is 136 cm³/mol. The molecule has 34 heavy (non-hydrogen) atoms. The molecule has 5 aromatic rings. The Balaban J connectivity index is 1.50. The summed E-state index contributed by atoms with van der Waals surface area (Å²) in [6.45, 7) is 4.18. The SMILES string of the molecule is Cc1ccc(-n2c(Cc3ccccc3)nnc2SCc2cc(=O)n3cc(Cl)ccc3n2)c(C)c1. The maximum absolute atomic E-state index is 12.6. The van der Waals surface area contributed by atoms with E-state index in [2.05, 4.69) is 63.9 Å². The Morgan fingerprint density at radius 1 is 0.971 bits per heavy atom. The van der Waals surface area contributed by atoms with Gasteiger partial charge in [0.05, 0.1) is 16.4 Å². The highest BCUT2D eigenvalue weighted by molar-refractivity contribution is 7.98. The second-order valence-corrected chi connectivity index (χ2v) is 9.52. The molecule has 0 amide bonds. The molecule has 170 valence electrons. The molecular weight excluding hydrogens is 466 g/mol. The van der Waals surface area contributed by atoms with Crippen LogP contribution in [0.1, 0.15) is 28.2 Å². The summed E-state index contributed by atoms with van der Waals surface area (Å²) < 4.78 is 3.56. The molecule has 0 aliphatic rings. The Morgan fingerprint density at radius 2 is 1.79 bits per heavy atom. The predicted octanol–water partition coefficient (Wildman–Crippen LogP) is 5.43. The van der Waals surface area contributed by atoms with Gasteiger partial charge in [-0.3, -0.25) is 13.8 Å². The molecule has 0 aliphatic carbocycles. The highest BCUT2D eigenvalue weighted by Crippen LogP contribution is 2.28. The van der Waals surface area contributed by atoms with Crippen molar-refractivity contribution in [1.29, 1.82) is 0 Å². The van der Waals surface area contributed by atoms with E-state index < -0.39 is 0 Å². The summed E-state index contributed by atoms with van der Waals surface area (Å²) in [5.41, 5.74) is 5.64. The maximum atomic E-state index is 12.6. The van der Waals surface area contributed by atoms with Crippen LogP contribution in [0.3, 0.4) is 0 Å². The van der Waals surface area contributed by atoms with Crippen molar-refractivity contribution in [1.82, 2.24) is 24.1 Å². The second kappa shape index (κ2) is 9.44. The molecule has 0 unspecified atom stereocenters. The minimum Gasteiger partial charge on any atom is -0.273 e. The van der Waals surface area contributed by atoms with E-state index in [1.807, 2.05) is 18.2 Å². The minimum atomic E-state index is -0.163. The number of fused-ring (bicyclic) bond motifs is 1. The van der Waals surface area contributed by atoms with Gasteiger partial charge in [-0.15, -0.1) is 10.2 Å². The zero-order valence-corrected chi connectivity index (χ0v) is 20.3. The van der Waals surface area contributed by atoms with Gasteiger partial charge in [-0.05, 0) is 43.2 Å². The van der Waals surface area contributed by atoms with Crippen LogP contribution in [-0.4, -0.2) is 24.1 Å². The summed E-state index contributed by atoms with van der Waals surface area (Å²) in [7, 11) is 0. The third-order valence-electron chi connectivity index (χ3n) is 5.52. The first-order valence-corrected chi connectivity index (χ1v) is 12.2. The normalized spacial score (nSPS) is 11.3. The van der Waals surface area contributed by atoms with E-state index in [1.165, 1.54) is 27.3 Å². The van der Waals surface area contributed by atoms with Gasteiger partial charge in [0.2, 0.25) is 0 Å². The first kappa shape index (κ1) is 22.4. The number of hydrogen-bond acceptors (Lipinski definition) is 5. The lowest BCUT2D eigenvalue weighted by atomic mass is 10.1. The van der Waals surface area contributed by atoms with Gasteiger partial charge >= 0.3 is 0 Å². The quantitative estimate of drug-likeness (QED) is 0.299. The average molecular weight is 488 g/mol. The number of rotatable bonds is 6. The highest BCUT2D eigenvalue weighted by atomic mass is 35.5.